The maximum atomic E-state index is 12.6. The Morgan fingerprint density at radius 1 is 1.03 bits per heavy atom. The maximum absolute atomic E-state index is 12.6. The highest BCUT2D eigenvalue weighted by atomic mass is 16.5. The van der Waals surface area contributed by atoms with Crippen molar-refractivity contribution >= 4 is 17.5 Å². The van der Waals surface area contributed by atoms with Crippen LogP contribution in [0.5, 0.6) is 11.6 Å². The molecule has 0 bridgehead atoms. The largest absolute Gasteiger partial charge is 0.441 e. The summed E-state index contributed by atoms with van der Waals surface area (Å²) in [5, 5.41) is 2.74. The van der Waals surface area contributed by atoms with Gasteiger partial charge >= 0.3 is 0 Å². The van der Waals surface area contributed by atoms with Gasteiger partial charge in [0.15, 0.2) is 5.69 Å². The number of aryl methyl sites for hydroxylation is 1. The number of nitrogens with one attached hydrogen (secondary N) is 1. The minimum atomic E-state index is -0.546. The molecule has 0 saturated heterocycles. The van der Waals surface area contributed by atoms with Gasteiger partial charge in [-0.15, -0.1) is 0 Å². The molecule has 0 saturated carbocycles. The second kappa shape index (κ2) is 8.50. The van der Waals surface area contributed by atoms with E-state index in [1.54, 1.807) is 37.3 Å². The summed E-state index contributed by atoms with van der Waals surface area (Å²) in [6.45, 7) is 1.68. The van der Waals surface area contributed by atoms with Gasteiger partial charge in [0, 0.05) is 17.2 Å². The Labute approximate surface area is 177 Å². The highest BCUT2D eigenvalue weighted by molar-refractivity contribution is 6.03. The van der Waals surface area contributed by atoms with E-state index in [1.807, 2.05) is 30.3 Å². The molecule has 0 spiro atoms. The van der Waals surface area contributed by atoms with Crippen LogP contribution in [-0.2, 0) is 0 Å². The number of ether oxygens (including phenoxy) is 1. The lowest BCUT2D eigenvalue weighted by Gasteiger charge is -2.07. The number of amides is 2. The molecular formula is C23H18N4O4. The maximum Gasteiger partial charge on any atom is 0.277 e. The van der Waals surface area contributed by atoms with Crippen LogP contribution in [0.1, 0.15) is 26.6 Å². The van der Waals surface area contributed by atoms with Crippen molar-refractivity contribution in [2.24, 2.45) is 5.73 Å². The molecule has 4 rings (SSSR count). The Morgan fingerprint density at radius 3 is 2.55 bits per heavy atom. The van der Waals surface area contributed by atoms with E-state index in [9.17, 15) is 9.59 Å². The van der Waals surface area contributed by atoms with Crippen LogP contribution in [0.25, 0.3) is 11.5 Å². The average Bonchev–Trinajstić information content (AvgIpc) is 3.18. The third-order valence-electron chi connectivity index (χ3n) is 4.37. The van der Waals surface area contributed by atoms with Crippen molar-refractivity contribution in [3.63, 3.8) is 0 Å². The van der Waals surface area contributed by atoms with Crippen LogP contribution in [0.3, 0.4) is 0 Å². The minimum Gasteiger partial charge on any atom is -0.441 e. The molecule has 0 aliphatic heterocycles. The Balaban J connectivity index is 1.45. The fourth-order valence-corrected chi connectivity index (χ4v) is 2.85. The first-order valence-electron chi connectivity index (χ1n) is 9.37. The van der Waals surface area contributed by atoms with E-state index >= 15 is 0 Å². The highest BCUT2D eigenvalue weighted by Gasteiger charge is 2.18. The molecular weight excluding hydrogens is 396 g/mol. The van der Waals surface area contributed by atoms with Crippen molar-refractivity contribution in [2.45, 2.75) is 6.92 Å². The second-order valence-electron chi connectivity index (χ2n) is 6.62. The average molecular weight is 414 g/mol. The molecule has 8 nitrogen and oxygen atoms in total. The van der Waals surface area contributed by atoms with Crippen LogP contribution in [0.4, 0.5) is 5.69 Å². The number of anilines is 1. The molecule has 31 heavy (non-hydrogen) atoms. The van der Waals surface area contributed by atoms with Gasteiger partial charge < -0.3 is 20.2 Å². The summed E-state index contributed by atoms with van der Waals surface area (Å²) in [7, 11) is 0. The van der Waals surface area contributed by atoms with Gasteiger partial charge in [-0.2, -0.15) is 0 Å². The molecule has 0 radical (unpaired) electrons. The molecule has 0 unspecified atom stereocenters. The molecule has 4 aromatic rings. The lowest BCUT2D eigenvalue weighted by atomic mass is 10.2. The Hall–Kier alpha value is -4.46. The van der Waals surface area contributed by atoms with Crippen molar-refractivity contribution in [1.82, 2.24) is 9.97 Å². The number of rotatable bonds is 6. The first kappa shape index (κ1) is 19.8. The summed E-state index contributed by atoms with van der Waals surface area (Å²) in [5.41, 5.74) is 7.05. The first-order valence-corrected chi connectivity index (χ1v) is 9.37. The number of nitrogens with two attached hydrogens (primary N) is 1. The van der Waals surface area contributed by atoms with Crippen molar-refractivity contribution < 1.29 is 18.7 Å². The Bertz CT molecular complexity index is 1230. The number of hydrogen-bond donors (Lipinski definition) is 2. The standard InChI is InChI=1S/C23H18N4O4/c1-14-20(27-23(30-14)15-6-3-2-4-7-15)22(29)26-17-10-11-19(25-13-17)31-18-9-5-8-16(12-18)21(24)28/h2-13H,1H3,(H2,24,28)(H,26,29). The van der Waals surface area contributed by atoms with Gasteiger partial charge in [-0.1, -0.05) is 24.3 Å². The van der Waals surface area contributed by atoms with Gasteiger partial charge in [-0.05, 0) is 43.3 Å². The predicted octanol–water partition coefficient (Wildman–Crippen LogP) is 4.19. The third kappa shape index (κ3) is 4.59. The number of hydrogen-bond acceptors (Lipinski definition) is 6. The van der Waals surface area contributed by atoms with Crippen LogP contribution in [0.2, 0.25) is 0 Å². The second-order valence-corrected chi connectivity index (χ2v) is 6.62. The number of aromatic nitrogens is 2. The van der Waals surface area contributed by atoms with Crippen LogP contribution in [-0.4, -0.2) is 21.8 Å². The number of benzene rings is 2. The molecule has 2 aromatic carbocycles. The van der Waals surface area contributed by atoms with Crippen molar-refractivity contribution in [1.29, 1.82) is 0 Å². The zero-order chi connectivity index (χ0) is 21.8. The highest BCUT2D eigenvalue weighted by Crippen LogP contribution is 2.24. The summed E-state index contributed by atoms with van der Waals surface area (Å²) in [6, 6.07) is 19.0. The number of oxazole rings is 1. The summed E-state index contributed by atoms with van der Waals surface area (Å²) >= 11 is 0. The molecule has 8 heteroatoms. The van der Waals surface area contributed by atoms with Gasteiger partial charge in [0.05, 0.1) is 11.9 Å². The van der Waals surface area contributed by atoms with E-state index in [4.69, 9.17) is 14.9 Å². The molecule has 0 atom stereocenters. The predicted molar refractivity (Wildman–Crippen MR) is 114 cm³/mol. The van der Waals surface area contributed by atoms with Crippen molar-refractivity contribution in [3.05, 3.63) is 89.9 Å². The minimum absolute atomic E-state index is 0.197. The van der Waals surface area contributed by atoms with Crippen LogP contribution >= 0.6 is 0 Å². The van der Waals surface area contributed by atoms with E-state index in [-0.39, 0.29) is 5.69 Å². The summed E-state index contributed by atoms with van der Waals surface area (Å²) < 4.78 is 11.3. The normalized spacial score (nSPS) is 10.5. The van der Waals surface area contributed by atoms with Crippen molar-refractivity contribution in [2.75, 3.05) is 5.32 Å². The zero-order valence-electron chi connectivity index (χ0n) is 16.5. The number of carbonyl (C=O) groups excluding carboxylic acids is 2. The van der Waals surface area contributed by atoms with Crippen LogP contribution in [0.15, 0.2) is 77.3 Å². The lowest BCUT2D eigenvalue weighted by Crippen LogP contribution is -2.13. The lowest BCUT2D eigenvalue weighted by molar-refractivity contribution is 0.0996. The summed E-state index contributed by atoms with van der Waals surface area (Å²) in [6.07, 6.45) is 1.46. The molecule has 2 aromatic heterocycles. The molecule has 2 heterocycles. The molecule has 0 aliphatic carbocycles. The molecule has 2 amide bonds. The smallest absolute Gasteiger partial charge is 0.277 e. The van der Waals surface area contributed by atoms with Crippen LogP contribution in [0, 0.1) is 6.92 Å². The van der Waals surface area contributed by atoms with Gasteiger partial charge in [0.25, 0.3) is 5.91 Å². The number of nitrogens with zero attached hydrogens (tertiary/aromatic N) is 2. The quantitative estimate of drug-likeness (QED) is 0.488. The number of primary amides is 1. The van der Waals surface area contributed by atoms with Gasteiger partial charge in [0.1, 0.15) is 11.5 Å². The van der Waals surface area contributed by atoms with E-state index in [1.165, 1.54) is 12.3 Å². The Morgan fingerprint density at radius 2 is 1.84 bits per heavy atom. The van der Waals surface area contributed by atoms with Gasteiger partial charge in [-0.3, -0.25) is 9.59 Å². The fraction of sp³-hybridized carbons (Fsp3) is 0.0435. The zero-order valence-corrected chi connectivity index (χ0v) is 16.5. The topological polar surface area (TPSA) is 120 Å². The third-order valence-corrected chi connectivity index (χ3v) is 4.37. The van der Waals surface area contributed by atoms with E-state index < -0.39 is 11.8 Å². The van der Waals surface area contributed by atoms with Crippen LogP contribution < -0.4 is 15.8 Å². The van der Waals surface area contributed by atoms with E-state index in [2.05, 4.69) is 15.3 Å². The van der Waals surface area contributed by atoms with Gasteiger partial charge in [0.2, 0.25) is 17.7 Å². The fourth-order valence-electron chi connectivity index (χ4n) is 2.85. The molecule has 0 aliphatic rings. The molecule has 3 N–H and O–H groups in total. The van der Waals surface area contributed by atoms with Gasteiger partial charge in [-0.25, -0.2) is 9.97 Å². The Kier molecular flexibility index (Phi) is 5.44. The first-order chi connectivity index (χ1) is 15.0. The summed E-state index contributed by atoms with van der Waals surface area (Å²) in [5.74, 6) is 0.556. The number of pyridine rings is 1. The van der Waals surface area contributed by atoms with E-state index in [0.29, 0.717) is 34.5 Å². The SMILES string of the molecule is Cc1oc(-c2ccccc2)nc1C(=O)Nc1ccc(Oc2cccc(C(N)=O)c2)nc1. The number of carbonyl (C=O) groups is 2. The van der Waals surface area contributed by atoms with Crippen molar-refractivity contribution in [3.8, 4) is 23.1 Å². The monoisotopic (exact) mass is 414 g/mol. The molecule has 0 fully saturated rings. The summed E-state index contributed by atoms with van der Waals surface area (Å²) in [4.78, 5) is 32.4. The molecule has 154 valence electrons. The van der Waals surface area contributed by atoms with E-state index in [0.717, 1.165) is 5.56 Å².